The van der Waals surface area contributed by atoms with Crippen molar-refractivity contribution < 1.29 is 9.53 Å². The highest BCUT2D eigenvalue weighted by molar-refractivity contribution is 7.99. The molecule has 0 aliphatic heterocycles. The maximum atomic E-state index is 13.6. The smallest absolute Gasteiger partial charge is 0.174 e. The maximum absolute atomic E-state index is 13.6. The number of aromatic nitrogens is 2. The van der Waals surface area contributed by atoms with E-state index in [4.69, 9.17) is 9.72 Å². The van der Waals surface area contributed by atoms with Gasteiger partial charge in [-0.05, 0) is 99.6 Å². The lowest BCUT2D eigenvalue weighted by Gasteiger charge is -2.56. The molecular weight excluding hydrogens is 416 g/mol. The highest BCUT2D eigenvalue weighted by Crippen LogP contribution is 2.60. The molecule has 4 aliphatic rings. The molecule has 5 heteroatoms. The third-order valence-corrected chi connectivity index (χ3v) is 8.84. The number of imidazole rings is 1. The molecule has 1 heterocycles. The van der Waals surface area contributed by atoms with Gasteiger partial charge in [0.2, 0.25) is 0 Å². The molecule has 0 atom stereocenters. The summed E-state index contributed by atoms with van der Waals surface area (Å²) in [5.74, 6) is 4.24. The Morgan fingerprint density at radius 1 is 1.03 bits per heavy atom. The molecule has 4 aliphatic carbocycles. The van der Waals surface area contributed by atoms with E-state index >= 15 is 0 Å². The fourth-order valence-electron chi connectivity index (χ4n) is 6.94. The second-order valence-corrected chi connectivity index (χ2v) is 11.0. The summed E-state index contributed by atoms with van der Waals surface area (Å²) in [6, 6.07) is 16.4. The first-order valence-corrected chi connectivity index (χ1v) is 13.0. The second-order valence-electron chi connectivity index (χ2n) is 10.1. The Bertz CT molecular complexity index is 1110. The van der Waals surface area contributed by atoms with E-state index in [-0.39, 0.29) is 5.41 Å². The van der Waals surface area contributed by atoms with Crippen molar-refractivity contribution in [2.24, 2.45) is 23.2 Å². The summed E-state index contributed by atoms with van der Waals surface area (Å²) in [5.41, 5.74) is 3.04. The van der Waals surface area contributed by atoms with Crippen molar-refractivity contribution in [1.29, 1.82) is 0 Å². The van der Waals surface area contributed by atoms with Crippen LogP contribution in [0.5, 0.6) is 5.75 Å². The monoisotopic (exact) mass is 446 g/mol. The van der Waals surface area contributed by atoms with Gasteiger partial charge in [0.05, 0.1) is 23.4 Å². The summed E-state index contributed by atoms with van der Waals surface area (Å²) < 4.78 is 7.80. The number of benzene rings is 2. The van der Waals surface area contributed by atoms with Gasteiger partial charge in [-0.25, -0.2) is 4.98 Å². The Morgan fingerprint density at radius 3 is 2.34 bits per heavy atom. The third kappa shape index (κ3) is 3.45. The van der Waals surface area contributed by atoms with E-state index in [0.29, 0.717) is 18.1 Å². The van der Waals surface area contributed by atoms with E-state index in [1.165, 1.54) is 19.3 Å². The molecule has 4 saturated carbocycles. The number of thioether (sulfide) groups is 1. The van der Waals surface area contributed by atoms with Crippen LogP contribution in [0.1, 0.15) is 45.4 Å². The number of para-hydroxylation sites is 2. The molecule has 0 saturated heterocycles. The average molecular weight is 447 g/mol. The van der Waals surface area contributed by atoms with Gasteiger partial charge in [-0.15, -0.1) is 0 Å². The van der Waals surface area contributed by atoms with Crippen LogP contribution in [-0.4, -0.2) is 27.7 Å². The molecular formula is C27H30N2O2S. The van der Waals surface area contributed by atoms with Crippen molar-refractivity contribution in [3.63, 3.8) is 0 Å². The van der Waals surface area contributed by atoms with E-state index in [1.807, 2.05) is 37.3 Å². The number of hydrogen-bond acceptors (Lipinski definition) is 4. The Labute approximate surface area is 193 Å². The quantitative estimate of drug-likeness (QED) is 0.399. The first-order chi connectivity index (χ1) is 15.6. The van der Waals surface area contributed by atoms with Gasteiger partial charge in [0.25, 0.3) is 0 Å². The van der Waals surface area contributed by atoms with E-state index in [2.05, 4.69) is 22.8 Å². The molecule has 0 radical (unpaired) electrons. The molecule has 4 bridgehead atoms. The van der Waals surface area contributed by atoms with Crippen molar-refractivity contribution in [2.45, 2.75) is 50.6 Å². The van der Waals surface area contributed by atoms with Crippen molar-refractivity contribution in [3.05, 3.63) is 48.5 Å². The van der Waals surface area contributed by atoms with Gasteiger partial charge in [0.15, 0.2) is 5.16 Å². The molecule has 4 nitrogen and oxygen atoms in total. The fraction of sp³-hybridized carbons (Fsp3) is 0.481. The molecule has 4 fully saturated rings. The topological polar surface area (TPSA) is 44.1 Å². The summed E-state index contributed by atoms with van der Waals surface area (Å²) in [5, 5.41) is 0.897. The number of hydrogen-bond donors (Lipinski definition) is 0. The van der Waals surface area contributed by atoms with E-state index in [0.717, 1.165) is 64.6 Å². The van der Waals surface area contributed by atoms with Crippen LogP contribution in [-0.2, 0) is 4.79 Å². The Balaban J connectivity index is 1.28. The lowest BCUT2D eigenvalue weighted by Crippen LogP contribution is -2.50. The van der Waals surface area contributed by atoms with Crippen LogP contribution in [0, 0.1) is 23.2 Å². The minimum Gasteiger partial charge on any atom is -0.494 e. The van der Waals surface area contributed by atoms with Crippen LogP contribution in [0.15, 0.2) is 53.7 Å². The number of carbonyl (C=O) groups excluding carboxylic acids is 1. The van der Waals surface area contributed by atoms with E-state index in [9.17, 15) is 4.79 Å². The standard InChI is InChI=1S/C27H30N2O2S/c1-2-31-22-9-7-21(8-10-22)29-24-6-4-3-5-23(24)28-26(29)32-17-25(30)27-14-18-11-19(15-27)13-20(12-18)16-27/h3-10,18-20H,2,11-17H2,1H3. The number of ether oxygens (including phenoxy) is 1. The van der Waals surface area contributed by atoms with Gasteiger partial charge in [-0.2, -0.15) is 0 Å². The van der Waals surface area contributed by atoms with Crippen LogP contribution in [0.4, 0.5) is 0 Å². The third-order valence-electron chi connectivity index (χ3n) is 7.90. The zero-order valence-electron chi connectivity index (χ0n) is 18.6. The van der Waals surface area contributed by atoms with Crippen molar-refractivity contribution in [1.82, 2.24) is 9.55 Å². The summed E-state index contributed by atoms with van der Waals surface area (Å²) in [7, 11) is 0. The molecule has 7 rings (SSSR count). The summed E-state index contributed by atoms with van der Waals surface area (Å²) >= 11 is 1.61. The minimum absolute atomic E-state index is 0.0439. The van der Waals surface area contributed by atoms with Gasteiger partial charge in [-0.1, -0.05) is 23.9 Å². The van der Waals surface area contributed by atoms with Crippen molar-refractivity contribution in [3.8, 4) is 11.4 Å². The van der Waals surface area contributed by atoms with Gasteiger partial charge in [-0.3, -0.25) is 9.36 Å². The number of carbonyl (C=O) groups is 1. The SMILES string of the molecule is CCOc1ccc(-n2c(SCC(=O)C34CC5CC(CC(C5)C3)C4)nc3ccccc32)cc1. The van der Waals surface area contributed by atoms with Crippen LogP contribution in [0.2, 0.25) is 0 Å². The normalized spacial score (nSPS) is 28.3. The lowest BCUT2D eigenvalue weighted by atomic mass is 9.48. The average Bonchev–Trinajstić information content (AvgIpc) is 3.16. The van der Waals surface area contributed by atoms with Crippen molar-refractivity contribution >= 4 is 28.6 Å². The first kappa shape index (κ1) is 20.3. The summed E-state index contributed by atoms with van der Waals surface area (Å²) in [6.07, 6.45) is 7.50. The second kappa shape index (κ2) is 7.95. The number of Topliss-reactive ketones (excluding diaryl/α,β-unsaturated/α-hetero) is 1. The minimum atomic E-state index is -0.0439. The molecule has 2 aromatic carbocycles. The van der Waals surface area contributed by atoms with Gasteiger partial charge in [0, 0.05) is 11.1 Å². The molecule has 32 heavy (non-hydrogen) atoms. The zero-order valence-corrected chi connectivity index (χ0v) is 19.4. The van der Waals surface area contributed by atoms with Crippen LogP contribution >= 0.6 is 11.8 Å². The van der Waals surface area contributed by atoms with Gasteiger partial charge >= 0.3 is 0 Å². The molecule has 0 N–H and O–H groups in total. The Hall–Kier alpha value is -2.27. The van der Waals surface area contributed by atoms with E-state index in [1.54, 1.807) is 11.8 Å². The van der Waals surface area contributed by atoms with Gasteiger partial charge < -0.3 is 4.74 Å². The number of ketones is 1. The Kier molecular flexibility index (Phi) is 5.05. The number of fused-ring (bicyclic) bond motifs is 1. The van der Waals surface area contributed by atoms with Gasteiger partial charge in [0.1, 0.15) is 11.5 Å². The maximum Gasteiger partial charge on any atom is 0.174 e. The lowest BCUT2D eigenvalue weighted by molar-refractivity contribution is -0.141. The van der Waals surface area contributed by atoms with Crippen LogP contribution in [0.25, 0.3) is 16.7 Å². The molecule has 166 valence electrons. The highest BCUT2D eigenvalue weighted by Gasteiger charge is 2.54. The largest absolute Gasteiger partial charge is 0.494 e. The molecule has 0 spiro atoms. The Morgan fingerprint density at radius 2 is 1.69 bits per heavy atom. The number of rotatable bonds is 7. The molecule has 3 aromatic rings. The molecule has 0 unspecified atom stereocenters. The molecule has 1 aromatic heterocycles. The predicted molar refractivity (Wildman–Crippen MR) is 129 cm³/mol. The first-order valence-electron chi connectivity index (χ1n) is 12.0. The predicted octanol–water partition coefficient (Wildman–Crippen LogP) is 6.30. The number of nitrogens with zero attached hydrogens (tertiary/aromatic N) is 2. The van der Waals surface area contributed by atoms with E-state index < -0.39 is 0 Å². The van der Waals surface area contributed by atoms with Crippen molar-refractivity contribution in [2.75, 3.05) is 12.4 Å². The fourth-order valence-corrected chi connectivity index (χ4v) is 8.01. The highest BCUT2D eigenvalue weighted by atomic mass is 32.2. The van der Waals surface area contributed by atoms with Crippen LogP contribution in [0.3, 0.4) is 0 Å². The zero-order chi connectivity index (χ0) is 21.7. The summed E-state index contributed by atoms with van der Waals surface area (Å²) in [4.78, 5) is 18.5. The van der Waals surface area contributed by atoms with Crippen LogP contribution < -0.4 is 4.74 Å². The summed E-state index contributed by atoms with van der Waals surface area (Å²) in [6.45, 7) is 2.65. The molecule has 0 amide bonds.